The molecule has 0 fully saturated rings. The minimum atomic E-state index is 0.730. The van der Waals surface area contributed by atoms with Crippen LogP contribution in [-0.4, -0.2) is 17.0 Å². The van der Waals surface area contributed by atoms with Gasteiger partial charge in [-0.1, -0.05) is 17.7 Å². The molecule has 2 aromatic rings. The number of aromatic nitrogens is 2. The lowest BCUT2D eigenvalue weighted by Gasteiger charge is -2.10. The molecule has 0 spiro atoms. The van der Waals surface area contributed by atoms with Crippen molar-refractivity contribution >= 4 is 23.4 Å². The predicted molar refractivity (Wildman–Crippen MR) is 84.6 cm³/mol. The van der Waals surface area contributed by atoms with Crippen LogP contribution >= 0.6 is 23.4 Å². The van der Waals surface area contributed by atoms with Gasteiger partial charge in [-0.3, -0.25) is 0 Å². The van der Waals surface area contributed by atoms with E-state index >= 15 is 0 Å². The highest BCUT2D eigenvalue weighted by molar-refractivity contribution is 7.99. The lowest BCUT2D eigenvalue weighted by atomic mass is 10.2. The van der Waals surface area contributed by atoms with Crippen LogP contribution in [0.5, 0.6) is 0 Å². The highest BCUT2D eigenvalue weighted by Gasteiger charge is 2.10. The second-order valence-corrected chi connectivity index (χ2v) is 6.13. The molecule has 0 bridgehead atoms. The summed E-state index contributed by atoms with van der Waals surface area (Å²) in [7, 11) is 1.93. The Kier molecular flexibility index (Phi) is 5.02. The summed E-state index contributed by atoms with van der Waals surface area (Å²) in [4.78, 5) is 10.2. The monoisotopic (exact) mass is 307 g/mol. The Hall–Kier alpha value is -1.10. The molecule has 5 heteroatoms. The molecule has 106 valence electrons. The second kappa shape index (κ2) is 6.57. The molecule has 0 amide bonds. The van der Waals surface area contributed by atoms with E-state index in [1.54, 1.807) is 11.8 Å². The van der Waals surface area contributed by atoms with Gasteiger partial charge in [-0.15, -0.1) is 0 Å². The number of nitrogens with zero attached hydrogens (tertiary/aromatic N) is 2. The minimum Gasteiger partial charge on any atom is -0.316 e. The molecule has 1 heterocycles. The van der Waals surface area contributed by atoms with Crippen molar-refractivity contribution in [2.24, 2.45) is 0 Å². The second-order valence-electron chi connectivity index (χ2n) is 4.69. The molecule has 2 rings (SSSR count). The van der Waals surface area contributed by atoms with Crippen molar-refractivity contribution in [1.82, 2.24) is 15.3 Å². The van der Waals surface area contributed by atoms with Crippen LogP contribution in [0.1, 0.15) is 22.5 Å². The lowest BCUT2D eigenvalue weighted by molar-refractivity contribution is 0.802. The molecule has 20 heavy (non-hydrogen) atoms. The number of rotatable bonds is 4. The van der Waals surface area contributed by atoms with Crippen molar-refractivity contribution < 1.29 is 0 Å². The van der Waals surface area contributed by atoms with E-state index in [9.17, 15) is 0 Å². The van der Waals surface area contributed by atoms with Crippen molar-refractivity contribution in [3.63, 3.8) is 0 Å². The zero-order valence-electron chi connectivity index (χ0n) is 12.1. The normalized spacial score (nSPS) is 10.8. The van der Waals surface area contributed by atoms with Crippen LogP contribution in [0.25, 0.3) is 0 Å². The first-order chi connectivity index (χ1) is 9.51. The standard InChI is InChI=1S/C15H18ClN3S/c1-9-10(2)18-15(19-11(9)3)20-14-7-13(16)6-5-12(14)8-17-4/h5-7,17H,8H2,1-4H3. The maximum absolute atomic E-state index is 6.10. The number of hydrogen-bond acceptors (Lipinski definition) is 4. The number of halogens is 1. The molecule has 0 saturated heterocycles. The summed E-state index contributed by atoms with van der Waals surface area (Å²) in [6.07, 6.45) is 0. The molecule has 1 aromatic heterocycles. The van der Waals surface area contributed by atoms with E-state index in [4.69, 9.17) is 11.6 Å². The van der Waals surface area contributed by atoms with E-state index in [1.165, 1.54) is 5.56 Å². The van der Waals surface area contributed by atoms with E-state index in [-0.39, 0.29) is 0 Å². The van der Waals surface area contributed by atoms with Crippen LogP contribution in [0.15, 0.2) is 28.3 Å². The Morgan fingerprint density at radius 1 is 1.15 bits per heavy atom. The third kappa shape index (κ3) is 3.51. The number of hydrogen-bond donors (Lipinski definition) is 1. The summed E-state index contributed by atoms with van der Waals surface area (Å²) >= 11 is 7.66. The molecule has 3 nitrogen and oxygen atoms in total. The molecule has 1 aromatic carbocycles. The summed E-state index contributed by atoms with van der Waals surface area (Å²) < 4.78 is 0. The SMILES string of the molecule is CNCc1ccc(Cl)cc1Sc1nc(C)c(C)c(C)n1. The van der Waals surface area contributed by atoms with Gasteiger partial charge in [0, 0.05) is 27.9 Å². The van der Waals surface area contributed by atoms with Crippen LogP contribution in [0.4, 0.5) is 0 Å². The molecular weight excluding hydrogens is 290 g/mol. The molecule has 0 unspecified atom stereocenters. The van der Waals surface area contributed by atoms with Gasteiger partial charge in [-0.05, 0) is 62.8 Å². The summed E-state index contributed by atoms with van der Waals surface area (Å²) in [6.45, 7) is 6.87. The molecule has 0 atom stereocenters. The smallest absolute Gasteiger partial charge is 0.192 e. The van der Waals surface area contributed by atoms with Gasteiger partial charge >= 0.3 is 0 Å². The average molecular weight is 308 g/mol. The summed E-state index contributed by atoms with van der Waals surface area (Å²) in [6, 6.07) is 5.91. The lowest BCUT2D eigenvalue weighted by Crippen LogP contribution is -2.06. The Morgan fingerprint density at radius 3 is 2.40 bits per heavy atom. The van der Waals surface area contributed by atoms with E-state index in [1.807, 2.05) is 46.0 Å². The Morgan fingerprint density at radius 2 is 1.80 bits per heavy atom. The summed E-state index contributed by atoms with van der Waals surface area (Å²) in [5.41, 5.74) is 4.40. The highest BCUT2D eigenvalue weighted by Crippen LogP contribution is 2.31. The summed E-state index contributed by atoms with van der Waals surface area (Å²) in [5, 5.41) is 4.66. The zero-order valence-corrected chi connectivity index (χ0v) is 13.7. The predicted octanol–water partition coefficient (Wildman–Crippen LogP) is 3.93. The van der Waals surface area contributed by atoms with Gasteiger partial charge in [0.2, 0.25) is 0 Å². The molecular formula is C15H18ClN3S. The molecule has 0 saturated carbocycles. The van der Waals surface area contributed by atoms with E-state index in [2.05, 4.69) is 15.3 Å². The first-order valence-corrected chi connectivity index (χ1v) is 7.63. The third-order valence-electron chi connectivity index (χ3n) is 3.21. The molecule has 0 aliphatic heterocycles. The topological polar surface area (TPSA) is 37.8 Å². The molecule has 0 radical (unpaired) electrons. The highest BCUT2D eigenvalue weighted by atomic mass is 35.5. The van der Waals surface area contributed by atoms with Crippen molar-refractivity contribution in [1.29, 1.82) is 0 Å². The van der Waals surface area contributed by atoms with Gasteiger partial charge in [0.15, 0.2) is 5.16 Å². The van der Waals surface area contributed by atoms with Crippen LogP contribution < -0.4 is 5.32 Å². The Balaban J connectivity index is 2.36. The van der Waals surface area contributed by atoms with Gasteiger partial charge in [-0.2, -0.15) is 0 Å². The van der Waals surface area contributed by atoms with Crippen LogP contribution in [0, 0.1) is 20.8 Å². The Labute approximate surface area is 129 Å². The number of aryl methyl sites for hydroxylation is 2. The Bertz CT molecular complexity index is 606. The minimum absolute atomic E-state index is 0.730. The van der Waals surface area contributed by atoms with Gasteiger partial charge in [-0.25, -0.2) is 9.97 Å². The zero-order chi connectivity index (χ0) is 14.7. The first kappa shape index (κ1) is 15.3. The van der Waals surface area contributed by atoms with Crippen molar-refractivity contribution in [3.8, 4) is 0 Å². The average Bonchev–Trinajstić information content (AvgIpc) is 2.39. The molecule has 0 aliphatic carbocycles. The quantitative estimate of drug-likeness (QED) is 0.869. The maximum Gasteiger partial charge on any atom is 0.192 e. The fraction of sp³-hybridized carbons (Fsp3) is 0.333. The summed E-state index contributed by atoms with van der Waals surface area (Å²) in [5.74, 6) is 0. The van der Waals surface area contributed by atoms with Gasteiger partial charge < -0.3 is 5.32 Å². The number of benzene rings is 1. The molecule has 0 aliphatic rings. The van der Waals surface area contributed by atoms with Gasteiger partial charge in [0.1, 0.15) is 0 Å². The third-order valence-corrected chi connectivity index (χ3v) is 4.41. The van der Waals surface area contributed by atoms with Gasteiger partial charge in [0.05, 0.1) is 0 Å². The van der Waals surface area contributed by atoms with Crippen LogP contribution in [0.3, 0.4) is 0 Å². The largest absolute Gasteiger partial charge is 0.316 e. The van der Waals surface area contributed by atoms with E-state index in [0.717, 1.165) is 38.6 Å². The van der Waals surface area contributed by atoms with E-state index < -0.39 is 0 Å². The fourth-order valence-corrected chi connectivity index (χ4v) is 3.10. The van der Waals surface area contributed by atoms with Crippen LogP contribution in [0.2, 0.25) is 5.02 Å². The van der Waals surface area contributed by atoms with Crippen molar-refractivity contribution in [3.05, 3.63) is 45.7 Å². The maximum atomic E-state index is 6.10. The van der Waals surface area contributed by atoms with Gasteiger partial charge in [0.25, 0.3) is 0 Å². The van der Waals surface area contributed by atoms with Crippen LogP contribution in [-0.2, 0) is 6.54 Å². The first-order valence-electron chi connectivity index (χ1n) is 6.44. The fourth-order valence-electron chi connectivity index (χ4n) is 1.85. The molecule has 1 N–H and O–H groups in total. The van der Waals surface area contributed by atoms with E-state index in [0.29, 0.717) is 0 Å². The van der Waals surface area contributed by atoms with Crippen molar-refractivity contribution in [2.75, 3.05) is 7.05 Å². The number of nitrogens with one attached hydrogen (secondary N) is 1. The van der Waals surface area contributed by atoms with Crippen molar-refractivity contribution in [2.45, 2.75) is 37.4 Å².